The molecule has 0 unspecified atom stereocenters. The number of amides is 2. The summed E-state index contributed by atoms with van der Waals surface area (Å²) < 4.78 is 10.4. The molecule has 1 atom stereocenters. The molecule has 0 radical (unpaired) electrons. The van der Waals surface area contributed by atoms with E-state index in [1.807, 2.05) is 48.5 Å². The summed E-state index contributed by atoms with van der Waals surface area (Å²) in [6, 6.07) is 14.7. The summed E-state index contributed by atoms with van der Waals surface area (Å²) in [5.41, 5.74) is 1.19. The lowest BCUT2D eigenvalue weighted by molar-refractivity contribution is -0.123. The van der Waals surface area contributed by atoms with Gasteiger partial charge in [-0.1, -0.05) is 24.3 Å². The third-order valence-corrected chi connectivity index (χ3v) is 4.82. The Morgan fingerprint density at radius 3 is 2.38 bits per heavy atom. The Morgan fingerprint density at radius 2 is 1.71 bits per heavy atom. The average molecular weight is 466 g/mol. The lowest BCUT2D eigenvalue weighted by Gasteiger charge is -2.21. The van der Waals surface area contributed by atoms with E-state index in [9.17, 15) is 9.59 Å². The maximum absolute atomic E-state index is 12.5. The first kappa shape index (κ1) is 24.8. The van der Waals surface area contributed by atoms with Gasteiger partial charge in [-0.2, -0.15) is 0 Å². The highest BCUT2D eigenvalue weighted by Crippen LogP contribution is 2.21. The van der Waals surface area contributed by atoms with Crippen molar-refractivity contribution in [2.75, 3.05) is 12.4 Å². The number of carbonyl (C=O) groups is 2. The molecule has 0 aliphatic rings. The van der Waals surface area contributed by atoms with E-state index in [1.165, 1.54) is 0 Å². The Balaban J connectivity index is 1.67. The highest BCUT2D eigenvalue weighted by atomic mass is 16.6. The number of ether oxygens (including phenoxy) is 2. The van der Waals surface area contributed by atoms with Crippen LogP contribution in [0.3, 0.4) is 0 Å². The monoisotopic (exact) mass is 465 g/mol. The molecule has 2 amide bonds. The molecule has 0 saturated heterocycles. The van der Waals surface area contributed by atoms with Gasteiger partial charge >= 0.3 is 6.09 Å². The zero-order valence-corrected chi connectivity index (χ0v) is 20.1. The largest absolute Gasteiger partial charge is 0.497 e. The van der Waals surface area contributed by atoms with Crippen LogP contribution in [0.15, 0.2) is 48.5 Å². The van der Waals surface area contributed by atoms with Gasteiger partial charge in [0.15, 0.2) is 5.82 Å². The summed E-state index contributed by atoms with van der Waals surface area (Å²) in [5, 5.41) is 9.54. The Labute approximate surface area is 199 Å². The predicted octanol–water partition coefficient (Wildman–Crippen LogP) is 3.78. The van der Waals surface area contributed by atoms with Crippen LogP contribution in [0.2, 0.25) is 0 Å². The lowest BCUT2D eigenvalue weighted by Crippen LogP contribution is -2.46. The van der Waals surface area contributed by atoms with E-state index in [1.54, 1.807) is 34.8 Å². The number of alkyl carbamates (subject to hydrolysis) is 1. The first-order valence-corrected chi connectivity index (χ1v) is 11.0. The molecule has 1 aromatic heterocycles. The van der Waals surface area contributed by atoms with Crippen molar-refractivity contribution in [1.29, 1.82) is 0 Å². The molecular weight excluding hydrogens is 434 g/mol. The molecule has 9 heteroatoms. The fourth-order valence-corrected chi connectivity index (χ4v) is 3.14. The highest BCUT2D eigenvalue weighted by molar-refractivity contribution is 5.89. The summed E-state index contributed by atoms with van der Waals surface area (Å²) >= 11 is 0. The number of rotatable bonds is 8. The second-order valence-corrected chi connectivity index (χ2v) is 8.79. The van der Waals surface area contributed by atoms with Crippen LogP contribution < -0.4 is 20.7 Å². The van der Waals surface area contributed by atoms with Crippen molar-refractivity contribution in [3.8, 4) is 5.75 Å². The molecule has 34 heavy (non-hydrogen) atoms. The van der Waals surface area contributed by atoms with Gasteiger partial charge in [-0.05, 0) is 57.5 Å². The van der Waals surface area contributed by atoms with Crippen LogP contribution in [0, 0.1) is 0 Å². The molecule has 0 aliphatic heterocycles. The van der Waals surface area contributed by atoms with Crippen LogP contribution in [0.1, 0.15) is 39.1 Å². The molecule has 3 N–H and O–H groups in total. The van der Waals surface area contributed by atoms with E-state index in [4.69, 9.17) is 9.47 Å². The number of para-hydroxylation sites is 1. The molecule has 3 rings (SSSR count). The summed E-state index contributed by atoms with van der Waals surface area (Å²) in [6.07, 6.45) is -0.651. The summed E-state index contributed by atoms with van der Waals surface area (Å²) in [4.78, 5) is 33.6. The fraction of sp³-hybridized carbons (Fsp3) is 0.360. The van der Waals surface area contributed by atoms with Crippen LogP contribution in [-0.4, -0.2) is 40.7 Å². The van der Waals surface area contributed by atoms with Gasteiger partial charge in [0.2, 0.25) is 5.91 Å². The number of aromatic nitrogens is 2. The van der Waals surface area contributed by atoms with Gasteiger partial charge in [0.1, 0.15) is 23.2 Å². The van der Waals surface area contributed by atoms with Crippen LogP contribution >= 0.6 is 0 Å². The fourth-order valence-electron chi connectivity index (χ4n) is 3.14. The number of nitrogens with one attached hydrogen (secondary N) is 3. The van der Waals surface area contributed by atoms with E-state index in [-0.39, 0.29) is 12.5 Å². The van der Waals surface area contributed by atoms with Gasteiger partial charge in [0, 0.05) is 11.9 Å². The van der Waals surface area contributed by atoms with Gasteiger partial charge in [0.25, 0.3) is 0 Å². The zero-order chi connectivity index (χ0) is 24.7. The Morgan fingerprint density at radius 1 is 1.00 bits per heavy atom. The van der Waals surface area contributed by atoms with E-state index < -0.39 is 17.7 Å². The number of hydrogen-bond donors (Lipinski definition) is 3. The molecule has 2 aromatic carbocycles. The minimum atomic E-state index is -0.775. The first-order valence-electron chi connectivity index (χ1n) is 11.0. The Kier molecular flexibility index (Phi) is 7.88. The second-order valence-electron chi connectivity index (χ2n) is 8.79. The average Bonchev–Trinajstić information content (AvgIpc) is 2.79. The van der Waals surface area contributed by atoms with Crippen LogP contribution in [0.4, 0.5) is 10.6 Å². The smallest absolute Gasteiger partial charge is 0.408 e. The number of hydrogen-bond acceptors (Lipinski definition) is 7. The predicted molar refractivity (Wildman–Crippen MR) is 131 cm³/mol. The third kappa shape index (κ3) is 7.06. The third-order valence-electron chi connectivity index (χ3n) is 4.82. The number of anilines is 1. The maximum Gasteiger partial charge on any atom is 0.408 e. The molecule has 0 spiro atoms. The van der Waals surface area contributed by atoms with Crippen LogP contribution in [-0.2, 0) is 22.6 Å². The minimum absolute atomic E-state index is 0.112. The van der Waals surface area contributed by atoms with Crippen molar-refractivity contribution in [1.82, 2.24) is 20.6 Å². The van der Waals surface area contributed by atoms with Gasteiger partial charge in [-0.3, -0.25) is 4.79 Å². The lowest BCUT2D eigenvalue weighted by atomic mass is 10.2. The van der Waals surface area contributed by atoms with Gasteiger partial charge in [-0.15, -0.1) is 0 Å². The van der Waals surface area contributed by atoms with Crippen molar-refractivity contribution in [2.24, 2.45) is 0 Å². The second kappa shape index (κ2) is 10.8. The molecule has 0 aliphatic carbocycles. The number of nitrogens with zero attached hydrogens (tertiary/aromatic N) is 2. The summed E-state index contributed by atoms with van der Waals surface area (Å²) in [5.74, 6) is 1.55. The quantitative estimate of drug-likeness (QED) is 0.464. The summed E-state index contributed by atoms with van der Waals surface area (Å²) in [6.45, 7) is 7.54. The van der Waals surface area contributed by atoms with Gasteiger partial charge < -0.3 is 25.4 Å². The van der Waals surface area contributed by atoms with Crippen molar-refractivity contribution < 1.29 is 19.1 Å². The normalized spacial score (nSPS) is 12.0. The van der Waals surface area contributed by atoms with E-state index in [0.717, 1.165) is 22.2 Å². The molecule has 3 aromatic rings. The number of fused-ring (bicyclic) bond motifs is 1. The number of carbonyl (C=O) groups excluding carboxylic acids is 2. The molecule has 180 valence electrons. The topological polar surface area (TPSA) is 114 Å². The van der Waals surface area contributed by atoms with E-state index >= 15 is 0 Å². The highest BCUT2D eigenvalue weighted by Gasteiger charge is 2.21. The molecule has 1 heterocycles. The standard InChI is InChI=1S/C25H31N5O4/c1-16(28-24(32)34-25(2,3)4)23(31)27-15-21-29-20-9-7-6-8-19(20)22(30-21)26-14-17-10-12-18(33-5)13-11-17/h6-13,16H,14-15H2,1-5H3,(H,27,31)(H,28,32)(H,26,29,30)/t16-/m0/s1. The molecule has 0 bridgehead atoms. The maximum atomic E-state index is 12.5. The molecular formula is C25H31N5O4. The van der Waals surface area contributed by atoms with Crippen molar-refractivity contribution in [3.05, 3.63) is 59.9 Å². The van der Waals surface area contributed by atoms with Gasteiger partial charge in [0.05, 0.1) is 19.2 Å². The van der Waals surface area contributed by atoms with Crippen LogP contribution in [0.5, 0.6) is 5.75 Å². The molecule has 0 fully saturated rings. The Hall–Kier alpha value is -3.88. The minimum Gasteiger partial charge on any atom is -0.497 e. The first-order chi connectivity index (χ1) is 16.1. The van der Waals surface area contributed by atoms with Gasteiger partial charge in [-0.25, -0.2) is 14.8 Å². The van der Waals surface area contributed by atoms with Crippen molar-refractivity contribution in [2.45, 2.75) is 52.4 Å². The summed E-state index contributed by atoms with van der Waals surface area (Å²) in [7, 11) is 1.63. The van der Waals surface area contributed by atoms with E-state index in [0.29, 0.717) is 18.2 Å². The molecule has 9 nitrogen and oxygen atoms in total. The number of benzene rings is 2. The van der Waals surface area contributed by atoms with Crippen molar-refractivity contribution in [3.63, 3.8) is 0 Å². The number of methoxy groups -OCH3 is 1. The SMILES string of the molecule is COc1ccc(CNc2nc(CNC(=O)[C@H](C)NC(=O)OC(C)(C)C)nc3ccccc23)cc1. The zero-order valence-electron chi connectivity index (χ0n) is 20.1. The van der Waals surface area contributed by atoms with Crippen LogP contribution in [0.25, 0.3) is 10.9 Å². The van der Waals surface area contributed by atoms with E-state index in [2.05, 4.69) is 25.9 Å². The Bertz CT molecular complexity index is 1140. The molecule has 0 saturated carbocycles. The van der Waals surface area contributed by atoms with Crippen molar-refractivity contribution >= 4 is 28.7 Å².